The first kappa shape index (κ1) is 11.8. The molecule has 1 atom stereocenters. The molecule has 1 unspecified atom stereocenters. The minimum absolute atomic E-state index is 0.310. The van der Waals surface area contributed by atoms with E-state index < -0.39 is 0 Å². The molecule has 1 N–H and O–H groups in total. The van der Waals surface area contributed by atoms with Crippen molar-refractivity contribution in [3.8, 4) is 0 Å². The van der Waals surface area contributed by atoms with Crippen LogP contribution >= 0.6 is 34.7 Å². The summed E-state index contributed by atoms with van der Waals surface area (Å²) in [5.74, 6) is 3.20. The minimum Gasteiger partial charge on any atom is -0.388 e. The van der Waals surface area contributed by atoms with Gasteiger partial charge >= 0.3 is 0 Å². The third-order valence-electron chi connectivity index (χ3n) is 2.82. The highest BCUT2D eigenvalue weighted by molar-refractivity contribution is 7.99. The maximum atomic E-state index is 10.0. The third-order valence-corrected chi connectivity index (χ3v) is 5.20. The highest BCUT2D eigenvalue weighted by atomic mass is 35.5. The van der Waals surface area contributed by atoms with Gasteiger partial charge in [0.15, 0.2) is 0 Å². The SMILES string of the molecule is OC(CC1CCSCC1)c1ccc(Cl)s1. The number of aliphatic hydroxyl groups is 1. The van der Waals surface area contributed by atoms with Crippen LogP contribution in [0.1, 0.15) is 30.2 Å². The van der Waals surface area contributed by atoms with Crippen molar-refractivity contribution in [2.45, 2.75) is 25.4 Å². The summed E-state index contributed by atoms with van der Waals surface area (Å²) in [6, 6.07) is 3.80. The number of thiophene rings is 1. The van der Waals surface area contributed by atoms with E-state index in [4.69, 9.17) is 11.6 Å². The summed E-state index contributed by atoms with van der Waals surface area (Å²) >= 11 is 9.37. The van der Waals surface area contributed by atoms with Crippen molar-refractivity contribution in [3.05, 3.63) is 21.3 Å². The van der Waals surface area contributed by atoms with Crippen molar-refractivity contribution < 1.29 is 5.11 Å². The first-order valence-electron chi connectivity index (χ1n) is 5.27. The van der Waals surface area contributed by atoms with Gasteiger partial charge in [0.2, 0.25) is 0 Å². The molecule has 1 aromatic heterocycles. The van der Waals surface area contributed by atoms with Gasteiger partial charge in [0.25, 0.3) is 0 Å². The summed E-state index contributed by atoms with van der Waals surface area (Å²) in [6.45, 7) is 0. The molecule has 4 heteroatoms. The topological polar surface area (TPSA) is 20.2 Å². The van der Waals surface area contributed by atoms with Crippen LogP contribution in [0.5, 0.6) is 0 Å². The van der Waals surface area contributed by atoms with Crippen LogP contribution in [0.2, 0.25) is 4.34 Å². The van der Waals surface area contributed by atoms with E-state index in [-0.39, 0.29) is 6.10 Å². The van der Waals surface area contributed by atoms with Gasteiger partial charge in [0.1, 0.15) is 0 Å². The molecule has 0 saturated carbocycles. The van der Waals surface area contributed by atoms with Gasteiger partial charge in [-0.05, 0) is 48.8 Å². The fourth-order valence-corrected chi connectivity index (χ4v) is 4.19. The van der Waals surface area contributed by atoms with Gasteiger partial charge < -0.3 is 5.11 Å². The van der Waals surface area contributed by atoms with Crippen molar-refractivity contribution in [2.24, 2.45) is 5.92 Å². The number of rotatable bonds is 3. The summed E-state index contributed by atoms with van der Waals surface area (Å²) in [6.07, 6.45) is 3.09. The largest absolute Gasteiger partial charge is 0.388 e. The summed E-state index contributed by atoms with van der Waals surface area (Å²) < 4.78 is 0.767. The van der Waals surface area contributed by atoms with E-state index in [2.05, 4.69) is 0 Å². The van der Waals surface area contributed by atoms with Crippen molar-refractivity contribution in [2.75, 3.05) is 11.5 Å². The molecule has 1 fully saturated rings. The first-order chi connectivity index (χ1) is 7.25. The predicted octanol–water partition coefficient (Wildman–Crippen LogP) is 3.97. The number of hydrogen-bond donors (Lipinski definition) is 1. The third kappa shape index (κ3) is 3.38. The second-order valence-electron chi connectivity index (χ2n) is 3.95. The van der Waals surface area contributed by atoms with Crippen molar-refractivity contribution >= 4 is 34.7 Å². The zero-order valence-electron chi connectivity index (χ0n) is 8.49. The predicted molar refractivity (Wildman–Crippen MR) is 69.0 cm³/mol. The lowest BCUT2D eigenvalue weighted by Crippen LogP contribution is -2.12. The van der Waals surface area contributed by atoms with Crippen LogP contribution in [0.15, 0.2) is 12.1 Å². The fraction of sp³-hybridized carbons (Fsp3) is 0.636. The number of thioether (sulfide) groups is 1. The molecule has 0 radical (unpaired) electrons. The number of hydrogen-bond acceptors (Lipinski definition) is 3. The normalized spacial score (nSPS) is 20.4. The second-order valence-corrected chi connectivity index (χ2v) is 6.92. The summed E-state index contributed by atoms with van der Waals surface area (Å²) in [5.41, 5.74) is 0. The monoisotopic (exact) mass is 262 g/mol. The van der Waals surface area contributed by atoms with Gasteiger partial charge in [-0.1, -0.05) is 11.6 Å². The van der Waals surface area contributed by atoms with E-state index in [1.165, 1.54) is 35.7 Å². The molecule has 1 nitrogen and oxygen atoms in total. The van der Waals surface area contributed by atoms with Crippen LogP contribution < -0.4 is 0 Å². The molecule has 1 aliphatic heterocycles. The molecule has 0 amide bonds. The van der Waals surface area contributed by atoms with Gasteiger partial charge in [-0.15, -0.1) is 11.3 Å². The average Bonchev–Trinajstić information content (AvgIpc) is 2.66. The Hall–Kier alpha value is 0.300. The van der Waals surface area contributed by atoms with Crippen molar-refractivity contribution in [1.29, 1.82) is 0 Å². The first-order valence-corrected chi connectivity index (χ1v) is 7.61. The highest BCUT2D eigenvalue weighted by Gasteiger charge is 2.19. The lowest BCUT2D eigenvalue weighted by molar-refractivity contribution is 0.144. The van der Waals surface area contributed by atoms with Gasteiger partial charge in [-0.2, -0.15) is 11.8 Å². The molecule has 1 aliphatic rings. The Morgan fingerprint density at radius 1 is 1.40 bits per heavy atom. The zero-order chi connectivity index (χ0) is 10.7. The van der Waals surface area contributed by atoms with Gasteiger partial charge in [-0.25, -0.2) is 0 Å². The Kier molecular flexibility index (Phi) is 4.38. The van der Waals surface area contributed by atoms with Crippen LogP contribution in [-0.2, 0) is 0 Å². The Balaban J connectivity index is 1.88. The van der Waals surface area contributed by atoms with E-state index in [1.54, 1.807) is 0 Å². The standard InChI is InChI=1S/C11H15ClOS2/c12-11-2-1-10(15-11)9(13)7-8-3-5-14-6-4-8/h1-2,8-9,13H,3-7H2. The lowest BCUT2D eigenvalue weighted by atomic mass is 9.95. The molecular formula is C11H15ClOS2. The molecule has 0 aromatic carbocycles. The Morgan fingerprint density at radius 3 is 2.73 bits per heavy atom. The van der Waals surface area contributed by atoms with Gasteiger partial charge in [0.05, 0.1) is 10.4 Å². The molecule has 2 heterocycles. The van der Waals surface area contributed by atoms with Crippen LogP contribution in [-0.4, -0.2) is 16.6 Å². The maximum absolute atomic E-state index is 10.0. The summed E-state index contributed by atoms with van der Waals surface area (Å²) in [5, 5.41) is 10.0. The molecule has 2 rings (SSSR count). The van der Waals surface area contributed by atoms with Gasteiger partial charge in [-0.3, -0.25) is 0 Å². The number of halogens is 1. The fourth-order valence-electron chi connectivity index (χ4n) is 1.92. The van der Waals surface area contributed by atoms with E-state index >= 15 is 0 Å². The lowest BCUT2D eigenvalue weighted by Gasteiger charge is -2.23. The van der Waals surface area contributed by atoms with Gasteiger partial charge in [0, 0.05) is 4.88 Å². The van der Waals surface area contributed by atoms with Crippen LogP contribution in [0, 0.1) is 5.92 Å². The molecule has 0 aliphatic carbocycles. The van der Waals surface area contributed by atoms with Crippen LogP contribution in [0.25, 0.3) is 0 Å². The second kappa shape index (κ2) is 5.58. The van der Waals surface area contributed by atoms with E-state index in [0.29, 0.717) is 5.92 Å². The highest BCUT2D eigenvalue weighted by Crippen LogP contribution is 2.34. The number of aliphatic hydroxyl groups excluding tert-OH is 1. The van der Waals surface area contributed by atoms with Crippen molar-refractivity contribution in [1.82, 2.24) is 0 Å². The average molecular weight is 263 g/mol. The molecule has 0 spiro atoms. The molecule has 84 valence electrons. The van der Waals surface area contributed by atoms with E-state index in [0.717, 1.165) is 15.6 Å². The van der Waals surface area contributed by atoms with E-state index in [9.17, 15) is 5.11 Å². The molecular weight excluding hydrogens is 248 g/mol. The summed E-state index contributed by atoms with van der Waals surface area (Å²) in [7, 11) is 0. The maximum Gasteiger partial charge on any atom is 0.0932 e. The van der Waals surface area contributed by atoms with Crippen molar-refractivity contribution in [3.63, 3.8) is 0 Å². The minimum atomic E-state index is -0.310. The molecule has 0 bridgehead atoms. The zero-order valence-corrected chi connectivity index (χ0v) is 10.9. The molecule has 1 aromatic rings. The van der Waals surface area contributed by atoms with Crippen LogP contribution in [0.4, 0.5) is 0 Å². The van der Waals surface area contributed by atoms with E-state index in [1.807, 2.05) is 23.9 Å². The Labute approximate surface area is 104 Å². The van der Waals surface area contributed by atoms with Crippen LogP contribution in [0.3, 0.4) is 0 Å². The quantitative estimate of drug-likeness (QED) is 0.890. The molecule has 1 saturated heterocycles. The Bertz CT molecular complexity index is 307. The Morgan fingerprint density at radius 2 is 2.13 bits per heavy atom. The smallest absolute Gasteiger partial charge is 0.0932 e. The molecule has 15 heavy (non-hydrogen) atoms. The summed E-state index contributed by atoms with van der Waals surface area (Å²) in [4.78, 5) is 1.01.